The molecule has 0 bridgehead atoms. The van der Waals surface area contributed by atoms with Crippen LogP contribution in [0.4, 0.5) is 0 Å². The molecule has 0 saturated heterocycles. The second-order valence-corrected chi connectivity index (χ2v) is 8.17. The van der Waals surface area contributed by atoms with Crippen molar-refractivity contribution in [3.8, 4) is 0 Å². The van der Waals surface area contributed by atoms with Crippen molar-refractivity contribution in [2.24, 2.45) is 0 Å². The second kappa shape index (κ2) is 9.17. The van der Waals surface area contributed by atoms with E-state index in [1.54, 1.807) is 23.1 Å². The third-order valence-corrected chi connectivity index (χ3v) is 5.99. The Morgan fingerprint density at radius 3 is 2.77 bits per heavy atom. The van der Waals surface area contributed by atoms with Crippen LogP contribution in [0.5, 0.6) is 0 Å². The van der Waals surface area contributed by atoms with Crippen LogP contribution in [0.1, 0.15) is 24.5 Å². The minimum absolute atomic E-state index is 0.0519. The average molecular weight is 354 g/mol. The molecule has 0 radical (unpaired) electrons. The number of rotatable bonds is 8. The molecule has 0 saturated carbocycles. The van der Waals surface area contributed by atoms with E-state index in [0.29, 0.717) is 5.75 Å². The fourth-order valence-electron chi connectivity index (χ4n) is 1.70. The first-order chi connectivity index (χ1) is 10.7. The van der Waals surface area contributed by atoms with Crippen LogP contribution in [0.15, 0.2) is 32.9 Å². The molecule has 1 aromatic carbocycles. The van der Waals surface area contributed by atoms with Gasteiger partial charge in [0.25, 0.3) is 0 Å². The van der Waals surface area contributed by atoms with Gasteiger partial charge in [-0.3, -0.25) is 4.79 Å². The van der Waals surface area contributed by atoms with Gasteiger partial charge in [0.2, 0.25) is 5.91 Å². The number of benzene rings is 1. The van der Waals surface area contributed by atoms with Crippen molar-refractivity contribution in [3.63, 3.8) is 0 Å². The molecule has 2 rings (SSSR count). The van der Waals surface area contributed by atoms with Crippen LogP contribution in [-0.4, -0.2) is 28.4 Å². The molecular weight excluding hydrogens is 334 g/mol. The molecule has 118 valence electrons. The van der Waals surface area contributed by atoms with Crippen LogP contribution < -0.4 is 5.32 Å². The van der Waals surface area contributed by atoms with Crippen molar-refractivity contribution in [1.29, 1.82) is 0 Å². The number of nitrogens with zero attached hydrogens (tertiary/aromatic N) is 2. The number of hydrogen-bond donors (Lipinski definition) is 1. The fourth-order valence-corrected chi connectivity index (χ4v) is 4.50. The lowest BCUT2D eigenvalue weighted by Gasteiger charge is -2.00. The van der Waals surface area contributed by atoms with Gasteiger partial charge >= 0.3 is 0 Å². The van der Waals surface area contributed by atoms with Crippen molar-refractivity contribution < 1.29 is 4.79 Å². The maximum atomic E-state index is 11.5. The van der Waals surface area contributed by atoms with Gasteiger partial charge in [0.15, 0.2) is 8.68 Å². The van der Waals surface area contributed by atoms with Gasteiger partial charge < -0.3 is 5.32 Å². The van der Waals surface area contributed by atoms with Gasteiger partial charge in [-0.05, 0) is 18.9 Å². The van der Waals surface area contributed by atoms with Gasteiger partial charge in [-0.25, -0.2) is 0 Å². The minimum Gasteiger partial charge on any atom is -0.355 e. The third-order valence-electron chi connectivity index (χ3n) is 2.73. The molecule has 0 spiro atoms. The first kappa shape index (κ1) is 17.3. The molecule has 0 atom stereocenters. The molecule has 0 fully saturated rings. The van der Waals surface area contributed by atoms with E-state index in [1.165, 1.54) is 22.9 Å². The Balaban J connectivity index is 1.77. The van der Waals surface area contributed by atoms with E-state index < -0.39 is 0 Å². The summed E-state index contributed by atoms with van der Waals surface area (Å²) in [6.07, 6.45) is 0.953. The third kappa shape index (κ3) is 5.98. The molecule has 0 aliphatic rings. The maximum absolute atomic E-state index is 11.5. The van der Waals surface area contributed by atoms with Crippen LogP contribution >= 0.6 is 34.9 Å². The van der Waals surface area contributed by atoms with Crippen molar-refractivity contribution in [2.45, 2.75) is 34.7 Å². The Bertz CT molecular complexity index is 616. The zero-order chi connectivity index (χ0) is 15.8. The number of aromatic nitrogens is 2. The Morgan fingerprint density at radius 2 is 2.05 bits per heavy atom. The zero-order valence-electron chi connectivity index (χ0n) is 12.7. The molecule has 22 heavy (non-hydrogen) atoms. The van der Waals surface area contributed by atoms with Gasteiger partial charge in [0, 0.05) is 12.3 Å². The molecule has 0 unspecified atom stereocenters. The van der Waals surface area contributed by atoms with Gasteiger partial charge in [-0.2, -0.15) is 0 Å². The summed E-state index contributed by atoms with van der Waals surface area (Å²) in [7, 11) is 0. The van der Waals surface area contributed by atoms with Crippen LogP contribution in [0, 0.1) is 6.92 Å². The summed E-state index contributed by atoms with van der Waals surface area (Å²) in [4.78, 5) is 11.5. The average Bonchev–Trinajstić information content (AvgIpc) is 2.97. The molecule has 1 aromatic heterocycles. The van der Waals surface area contributed by atoms with E-state index >= 15 is 0 Å². The van der Waals surface area contributed by atoms with Crippen LogP contribution in [0.25, 0.3) is 0 Å². The largest absolute Gasteiger partial charge is 0.355 e. The highest BCUT2D eigenvalue weighted by molar-refractivity contribution is 8.03. The first-order valence-corrected chi connectivity index (χ1v) is 9.87. The van der Waals surface area contributed by atoms with Crippen molar-refractivity contribution in [3.05, 3.63) is 35.4 Å². The summed E-state index contributed by atoms with van der Waals surface area (Å²) in [5, 5.41) is 11.2. The number of thioether (sulfide) groups is 2. The first-order valence-electron chi connectivity index (χ1n) is 7.08. The molecule has 4 nitrogen and oxygen atoms in total. The Hall–Kier alpha value is -1.05. The number of carbonyl (C=O) groups excluding carboxylic acids is 1. The highest BCUT2D eigenvalue weighted by Gasteiger charge is 2.08. The molecule has 1 heterocycles. The number of carbonyl (C=O) groups is 1. The molecule has 0 aliphatic carbocycles. The van der Waals surface area contributed by atoms with Crippen LogP contribution in [-0.2, 0) is 10.5 Å². The van der Waals surface area contributed by atoms with Crippen LogP contribution in [0.3, 0.4) is 0 Å². The lowest BCUT2D eigenvalue weighted by molar-refractivity contribution is -0.118. The van der Waals surface area contributed by atoms with E-state index in [1.807, 2.05) is 6.92 Å². The number of aryl methyl sites for hydroxylation is 1. The van der Waals surface area contributed by atoms with E-state index in [-0.39, 0.29) is 5.91 Å². The second-order valence-electron chi connectivity index (χ2n) is 4.75. The SMILES string of the molecule is CCCNC(=O)CSc1nnc(SCc2cccc(C)c2)s1. The van der Waals surface area contributed by atoms with Crippen molar-refractivity contribution in [1.82, 2.24) is 15.5 Å². The highest BCUT2D eigenvalue weighted by atomic mass is 32.2. The summed E-state index contributed by atoms with van der Waals surface area (Å²) < 4.78 is 1.79. The minimum atomic E-state index is 0.0519. The predicted molar refractivity (Wildman–Crippen MR) is 94.7 cm³/mol. The van der Waals surface area contributed by atoms with Crippen LogP contribution in [0.2, 0.25) is 0 Å². The zero-order valence-corrected chi connectivity index (χ0v) is 15.1. The molecule has 2 aromatic rings. The van der Waals surface area contributed by atoms with Gasteiger partial charge in [0.05, 0.1) is 5.75 Å². The maximum Gasteiger partial charge on any atom is 0.230 e. The smallest absolute Gasteiger partial charge is 0.230 e. The standard InChI is InChI=1S/C15H19N3OS3/c1-3-7-16-13(19)10-21-15-18-17-14(22-15)20-9-12-6-4-5-11(2)8-12/h4-6,8H,3,7,9-10H2,1-2H3,(H,16,19). The van der Waals surface area contributed by atoms with Crippen molar-refractivity contribution in [2.75, 3.05) is 12.3 Å². The lowest BCUT2D eigenvalue weighted by atomic mass is 10.2. The Kier molecular flexibility index (Phi) is 7.21. The molecule has 0 aliphatic heterocycles. The summed E-state index contributed by atoms with van der Waals surface area (Å²) >= 11 is 4.67. The quantitative estimate of drug-likeness (QED) is 0.732. The number of nitrogens with one attached hydrogen (secondary N) is 1. The van der Waals surface area contributed by atoms with E-state index in [4.69, 9.17) is 0 Å². The molecule has 1 N–H and O–H groups in total. The van der Waals surface area contributed by atoms with E-state index in [9.17, 15) is 4.79 Å². The topological polar surface area (TPSA) is 54.9 Å². The van der Waals surface area contributed by atoms with Gasteiger partial charge in [0.1, 0.15) is 0 Å². The summed E-state index contributed by atoms with van der Waals surface area (Å²) in [5.74, 6) is 1.34. The molecule has 1 amide bonds. The summed E-state index contributed by atoms with van der Waals surface area (Å²) in [6, 6.07) is 8.47. The highest BCUT2D eigenvalue weighted by Crippen LogP contribution is 2.30. The number of hydrogen-bond acceptors (Lipinski definition) is 6. The van der Waals surface area contributed by atoms with Gasteiger partial charge in [-0.1, -0.05) is 71.6 Å². The molecular formula is C15H19N3OS3. The van der Waals surface area contributed by atoms with Gasteiger partial charge in [-0.15, -0.1) is 10.2 Å². The Morgan fingerprint density at radius 1 is 1.27 bits per heavy atom. The number of amides is 1. The molecule has 7 heteroatoms. The monoisotopic (exact) mass is 353 g/mol. The summed E-state index contributed by atoms with van der Waals surface area (Å²) in [5.41, 5.74) is 2.55. The lowest BCUT2D eigenvalue weighted by Crippen LogP contribution is -2.25. The normalized spacial score (nSPS) is 10.6. The fraction of sp³-hybridized carbons (Fsp3) is 0.400. The summed E-state index contributed by atoms with van der Waals surface area (Å²) in [6.45, 7) is 4.86. The van der Waals surface area contributed by atoms with E-state index in [0.717, 1.165) is 27.4 Å². The van der Waals surface area contributed by atoms with Crippen molar-refractivity contribution >= 4 is 40.8 Å². The predicted octanol–water partition coefficient (Wildman–Crippen LogP) is 3.76. The van der Waals surface area contributed by atoms with E-state index in [2.05, 4.69) is 46.7 Å². The Labute approximate surface area is 143 Å².